The lowest BCUT2D eigenvalue weighted by atomic mass is 10.1. The number of amides is 2. The third-order valence-corrected chi connectivity index (χ3v) is 4.83. The van der Waals surface area contributed by atoms with Crippen LogP contribution in [-0.4, -0.2) is 59.9 Å². The summed E-state index contributed by atoms with van der Waals surface area (Å²) in [5, 5.41) is 0.604. The highest BCUT2D eigenvalue weighted by Gasteiger charge is 2.29. The number of nitrogens with zero attached hydrogens (tertiary/aromatic N) is 3. The number of hydrogen-bond donors (Lipinski definition) is 0. The van der Waals surface area contributed by atoms with Crippen molar-refractivity contribution in [1.29, 1.82) is 0 Å². The fourth-order valence-electron chi connectivity index (χ4n) is 2.85. The first-order chi connectivity index (χ1) is 12.5. The Morgan fingerprint density at radius 3 is 2.15 bits per heavy atom. The van der Waals surface area contributed by atoms with E-state index in [1.165, 1.54) is 7.11 Å². The van der Waals surface area contributed by atoms with E-state index in [0.29, 0.717) is 36.9 Å². The van der Waals surface area contributed by atoms with Crippen LogP contribution in [0.15, 0.2) is 36.5 Å². The van der Waals surface area contributed by atoms with Crippen LogP contribution in [0.4, 0.5) is 0 Å². The van der Waals surface area contributed by atoms with Crippen molar-refractivity contribution >= 4 is 35.0 Å². The number of hydrogen-bond acceptors (Lipinski definition) is 4. The molecule has 0 unspecified atom stereocenters. The molecule has 2 aromatic rings. The van der Waals surface area contributed by atoms with Gasteiger partial charge in [0.2, 0.25) is 0 Å². The van der Waals surface area contributed by atoms with Gasteiger partial charge in [-0.1, -0.05) is 29.3 Å². The number of carbonyl (C=O) groups is 2. The summed E-state index contributed by atoms with van der Waals surface area (Å²) in [4.78, 5) is 32.7. The van der Waals surface area contributed by atoms with Gasteiger partial charge in [0.15, 0.2) is 5.75 Å². The zero-order valence-electron chi connectivity index (χ0n) is 14.1. The summed E-state index contributed by atoms with van der Waals surface area (Å²) in [7, 11) is 1.44. The summed E-state index contributed by atoms with van der Waals surface area (Å²) in [6.45, 7) is 1.62. The van der Waals surface area contributed by atoms with E-state index < -0.39 is 0 Å². The first-order valence-corrected chi connectivity index (χ1v) is 8.80. The Labute approximate surface area is 161 Å². The van der Waals surface area contributed by atoms with Gasteiger partial charge in [-0.15, -0.1) is 0 Å². The van der Waals surface area contributed by atoms with E-state index in [-0.39, 0.29) is 28.1 Å². The zero-order chi connectivity index (χ0) is 18.7. The quantitative estimate of drug-likeness (QED) is 0.803. The normalized spacial score (nSPS) is 14.3. The summed E-state index contributed by atoms with van der Waals surface area (Å²) in [6, 6.07) is 8.36. The first kappa shape index (κ1) is 18.5. The number of ether oxygens (including phenoxy) is 1. The van der Waals surface area contributed by atoms with Crippen molar-refractivity contribution in [1.82, 2.24) is 14.8 Å². The minimum Gasteiger partial charge on any atom is -0.494 e. The van der Waals surface area contributed by atoms with Gasteiger partial charge in [-0.2, -0.15) is 0 Å². The minimum absolute atomic E-state index is 0.143. The second kappa shape index (κ2) is 7.93. The molecule has 1 aliphatic rings. The molecule has 26 heavy (non-hydrogen) atoms. The maximum absolute atomic E-state index is 12.9. The van der Waals surface area contributed by atoms with Gasteiger partial charge in [0.1, 0.15) is 11.3 Å². The van der Waals surface area contributed by atoms with E-state index in [1.807, 2.05) is 0 Å². The van der Waals surface area contributed by atoms with Gasteiger partial charge in [0, 0.05) is 32.4 Å². The van der Waals surface area contributed by atoms with E-state index in [9.17, 15) is 9.59 Å². The van der Waals surface area contributed by atoms with Crippen molar-refractivity contribution in [3.63, 3.8) is 0 Å². The predicted octanol–water partition coefficient (Wildman–Crippen LogP) is 3.00. The van der Waals surface area contributed by atoms with Gasteiger partial charge in [-0.25, -0.2) is 0 Å². The highest BCUT2D eigenvalue weighted by Crippen LogP contribution is 2.34. The smallest absolute Gasteiger partial charge is 0.272 e. The highest BCUT2D eigenvalue weighted by molar-refractivity contribution is 6.37. The molecule has 0 spiro atoms. The summed E-state index contributed by atoms with van der Waals surface area (Å²) in [6.07, 6.45) is 1.58. The molecule has 2 heterocycles. The molecule has 0 atom stereocenters. The molecule has 1 fully saturated rings. The zero-order valence-corrected chi connectivity index (χ0v) is 15.6. The molecule has 0 bridgehead atoms. The van der Waals surface area contributed by atoms with E-state index in [0.717, 1.165) is 0 Å². The molecule has 0 aliphatic carbocycles. The number of rotatable bonds is 3. The monoisotopic (exact) mass is 393 g/mol. The number of carbonyl (C=O) groups excluding carboxylic acids is 2. The lowest BCUT2D eigenvalue weighted by molar-refractivity contribution is 0.0530. The van der Waals surface area contributed by atoms with Gasteiger partial charge >= 0.3 is 0 Å². The van der Waals surface area contributed by atoms with E-state index in [4.69, 9.17) is 27.9 Å². The van der Waals surface area contributed by atoms with Crippen LogP contribution in [0.3, 0.4) is 0 Å². The van der Waals surface area contributed by atoms with Crippen molar-refractivity contribution in [3.05, 3.63) is 57.8 Å². The van der Waals surface area contributed by atoms with Crippen molar-refractivity contribution in [3.8, 4) is 5.75 Å². The van der Waals surface area contributed by atoms with Gasteiger partial charge < -0.3 is 14.5 Å². The third kappa shape index (κ3) is 3.61. The molecule has 1 aromatic heterocycles. The Morgan fingerprint density at radius 1 is 0.962 bits per heavy atom. The highest BCUT2D eigenvalue weighted by atomic mass is 35.5. The summed E-state index contributed by atoms with van der Waals surface area (Å²) in [5.41, 5.74) is 0.637. The van der Waals surface area contributed by atoms with Crippen LogP contribution in [0.25, 0.3) is 0 Å². The van der Waals surface area contributed by atoms with Crippen LogP contribution in [0, 0.1) is 0 Å². The molecule has 8 heteroatoms. The maximum Gasteiger partial charge on any atom is 0.272 e. The SMILES string of the molecule is COc1c(Cl)ccc(Cl)c1C(=O)N1CCN(C(=O)c2ccccn2)CC1. The number of piperazine rings is 1. The van der Waals surface area contributed by atoms with Crippen molar-refractivity contribution in [2.45, 2.75) is 0 Å². The van der Waals surface area contributed by atoms with Crippen LogP contribution in [0.2, 0.25) is 10.0 Å². The van der Waals surface area contributed by atoms with Crippen molar-refractivity contribution in [2.75, 3.05) is 33.3 Å². The molecule has 1 saturated heterocycles. The lowest BCUT2D eigenvalue weighted by Crippen LogP contribution is -2.50. The molecule has 1 aromatic carbocycles. The van der Waals surface area contributed by atoms with Crippen LogP contribution < -0.4 is 4.74 Å². The fraction of sp³-hybridized carbons (Fsp3) is 0.278. The summed E-state index contributed by atoms with van der Waals surface area (Å²) < 4.78 is 5.25. The molecule has 0 N–H and O–H groups in total. The van der Waals surface area contributed by atoms with Crippen LogP contribution in [-0.2, 0) is 0 Å². The molecule has 2 amide bonds. The lowest BCUT2D eigenvalue weighted by Gasteiger charge is -2.35. The number of pyridine rings is 1. The van der Waals surface area contributed by atoms with E-state index >= 15 is 0 Å². The molecular formula is C18H17Cl2N3O3. The van der Waals surface area contributed by atoms with E-state index in [2.05, 4.69) is 4.98 Å². The first-order valence-electron chi connectivity index (χ1n) is 8.04. The number of halogens is 2. The Morgan fingerprint density at radius 2 is 1.58 bits per heavy atom. The number of benzene rings is 1. The second-order valence-corrected chi connectivity index (χ2v) is 6.55. The third-order valence-electron chi connectivity index (χ3n) is 4.21. The Balaban J connectivity index is 1.72. The second-order valence-electron chi connectivity index (χ2n) is 5.74. The van der Waals surface area contributed by atoms with Crippen molar-refractivity contribution < 1.29 is 14.3 Å². The summed E-state index contributed by atoms with van der Waals surface area (Å²) in [5.74, 6) is -0.147. The topological polar surface area (TPSA) is 62.7 Å². The number of aromatic nitrogens is 1. The van der Waals surface area contributed by atoms with E-state index in [1.54, 1.807) is 46.3 Å². The van der Waals surface area contributed by atoms with Gasteiger partial charge in [-0.3, -0.25) is 14.6 Å². The minimum atomic E-state index is -0.265. The maximum atomic E-state index is 12.9. The molecular weight excluding hydrogens is 377 g/mol. The van der Waals surface area contributed by atoms with Crippen LogP contribution >= 0.6 is 23.2 Å². The van der Waals surface area contributed by atoms with Crippen LogP contribution in [0.1, 0.15) is 20.8 Å². The van der Waals surface area contributed by atoms with Gasteiger partial charge in [-0.05, 0) is 24.3 Å². The standard InChI is InChI=1S/C18H17Cl2N3O3/c1-26-16-13(20)6-5-12(19)15(16)18(25)23-10-8-22(9-11-23)17(24)14-4-2-3-7-21-14/h2-7H,8-11H2,1H3. The molecule has 6 nitrogen and oxygen atoms in total. The van der Waals surface area contributed by atoms with Gasteiger partial charge in [0.25, 0.3) is 11.8 Å². The fourth-order valence-corrected chi connectivity index (χ4v) is 3.32. The Hall–Kier alpha value is -2.31. The summed E-state index contributed by atoms with van der Waals surface area (Å²) >= 11 is 12.3. The number of methoxy groups -OCH3 is 1. The molecule has 0 radical (unpaired) electrons. The molecule has 136 valence electrons. The average molecular weight is 394 g/mol. The molecule has 1 aliphatic heterocycles. The predicted molar refractivity (Wildman–Crippen MR) is 99.1 cm³/mol. The average Bonchev–Trinajstić information content (AvgIpc) is 2.69. The molecule has 0 saturated carbocycles. The largest absolute Gasteiger partial charge is 0.494 e. The van der Waals surface area contributed by atoms with Crippen molar-refractivity contribution in [2.24, 2.45) is 0 Å². The van der Waals surface area contributed by atoms with Crippen LogP contribution in [0.5, 0.6) is 5.75 Å². The van der Waals surface area contributed by atoms with Gasteiger partial charge in [0.05, 0.1) is 17.2 Å². The Kier molecular flexibility index (Phi) is 5.64. The molecule has 3 rings (SSSR count). The Bertz CT molecular complexity index is 822.